The zero-order valence-corrected chi connectivity index (χ0v) is 13.9. The third-order valence-corrected chi connectivity index (χ3v) is 5.24. The normalized spacial score (nSPS) is 27.8. The number of benzene rings is 1. The molecule has 0 unspecified atom stereocenters. The van der Waals surface area contributed by atoms with E-state index in [1.54, 1.807) is 0 Å². The number of nitrogens with zero attached hydrogens (tertiary/aromatic N) is 2. The van der Waals surface area contributed by atoms with E-state index in [0.717, 1.165) is 32.7 Å². The molecule has 1 aliphatic carbocycles. The van der Waals surface area contributed by atoms with Gasteiger partial charge in [0.2, 0.25) is 0 Å². The van der Waals surface area contributed by atoms with Crippen LogP contribution in [0.2, 0.25) is 0 Å². The van der Waals surface area contributed by atoms with Gasteiger partial charge in [-0.05, 0) is 17.5 Å². The number of carbonyl (C=O) groups excluding carboxylic acids is 1. The van der Waals surface area contributed by atoms with Crippen molar-refractivity contribution in [3.05, 3.63) is 35.4 Å². The van der Waals surface area contributed by atoms with E-state index >= 15 is 0 Å². The second-order valence-corrected chi connectivity index (χ2v) is 6.65. The van der Waals surface area contributed by atoms with Crippen LogP contribution < -0.4 is 5.32 Å². The van der Waals surface area contributed by atoms with E-state index in [9.17, 15) is 4.79 Å². The first-order valence-corrected chi connectivity index (χ1v) is 8.86. The third-order valence-electron chi connectivity index (χ3n) is 5.24. The Hall–Kier alpha value is -1.63. The highest BCUT2D eigenvalue weighted by molar-refractivity contribution is 5.75. The number of nitrogens with one attached hydrogen (secondary N) is 1. The molecule has 2 amide bonds. The third kappa shape index (κ3) is 3.14. The van der Waals surface area contributed by atoms with E-state index in [2.05, 4.69) is 34.5 Å². The summed E-state index contributed by atoms with van der Waals surface area (Å²) >= 11 is 0. The van der Waals surface area contributed by atoms with Crippen molar-refractivity contribution in [3.63, 3.8) is 0 Å². The van der Waals surface area contributed by atoms with Gasteiger partial charge in [-0.2, -0.15) is 0 Å². The number of ether oxygens (including phenoxy) is 2. The predicted molar refractivity (Wildman–Crippen MR) is 90.0 cm³/mol. The van der Waals surface area contributed by atoms with Crippen molar-refractivity contribution < 1.29 is 14.3 Å². The van der Waals surface area contributed by atoms with Gasteiger partial charge in [0, 0.05) is 26.2 Å². The van der Waals surface area contributed by atoms with Gasteiger partial charge in [0.15, 0.2) is 0 Å². The standard InChI is InChI=1S/C18H25N3O3/c22-18(21-7-11-24-12-8-21)19-16-13-14-3-1-2-4-15(14)17(16)20-5-9-23-10-6-20/h1-4,16-17H,5-13H2,(H,19,22)/t16-,17-/m0/s1. The number of hydrogen-bond donors (Lipinski definition) is 1. The molecule has 4 rings (SSSR count). The SMILES string of the molecule is O=C(N[C@H]1Cc2ccccc2[C@@H]1N1CCOCC1)N1CCOCC1. The fourth-order valence-electron chi connectivity index (χ4n) is 4.03. The summed E-state index contributed by atoms with van der Waals surface area (Å²) in [4.78, 5) is 17.0. The number of morpholine rings is 2. The van der Waals surface area contributed by atoms with Crippen LogP contribution in [0.1, 0.15) is 17.2 Å². The number of rotatable bonds is 2. The molecule has 2 aliphatic heterocycles. The molecule has 0 saturated carbocycles. The van der Waals surface area contributed by atoms with Crippen LogP contribution in [-0.2, 0) is 15.9 Å². The number of amides is 2. The maximum absolute atomic E-state index is 12.6. The van der Waals surface area contributed by atoms with E-state index in [4.69, 9.17) is 9.47 Å². The van der Waals surface area contributed by atoms with Crippen LogP contribution in [0.25, 0.3) is 0 Å². The highest BCUT2D eigenvalue weighted by Crippen LogP contribution is 2.36. The lowest BCUT2D eigenvalue weighted by molar-refractivity contribution is 0.00970. The number of urea groups is 1. The summed E-state index contributed by atoms with van der Waals surface area (Å²) in [6.45, 7) is 5.98. The van der Waals surface area contributed by atoms with Crippen LogP contribution in [0.3, 0.4) is 0 Å². The zero-order valence-electron chi connectivity index (χ0n) is 13.9. The summed E-state index contributed by atoms with van der Waals surface area (Å²) < 4.78 is 10.9. The average Bonchev–Trinajstić information content (AvgIpc) is 3.01. The Labute approximate surface area is 142 Å². The number of hydrogen-bond acceptors (Lipinski definition) is 4. The van der Waals surface area contributed by atoms with Crippen molar-refractivity contribution in [1.82, 2.24) is 15.1 Å². The molecule has 0 radical (unpaired) electrons. The van der Waals surface area contributed by atoms with Crippen LogP contribution >= 0.6 is 0 Å². The van der Waals surface area contributed by atoms with Gasteiger partial charge in [-0.25, -0.2) is 4.79 Å². The van der Waals surface area contributed by atoms with Crippen LogP contribution in [0.4, 0.5) is 4.79 Å². The van der Waals surface area contributed by atoms with E-state index in [1.807, 2.05) is 4.90 Å². The smallest absolute Gasteiger partial charge is 0.317 e. The van der Waals surface area contributed by atoms with Crippen LogP contribution in [0.15, 0.2) is 24.3 Å². The van der Waals surface area contributed by atoms with Gasteiger partial charge in [-0.1, -0.05) is 24.3 Å². The summed E-state index contributed by atoms with van der Waals surface area (Å²) in [6.07, 6.45) is 0.897. The molecule has 24 heavy (non-hydrogen) atoms. The predicted octanol–water partition coefficient (Wildman–Crippen LogP) is 1.03. The van der Waals surface area contributed by atoms with Gasteiger partial charge in [-0.15, -0.1) is 0 Å². The number of fused-ring (bicyclic) bond motifs is 1. The topological polar surface area (TPSA) is 54.0 Å². The molecule has 0 aromatic heterocycles. The molecule has 1 aromatic carbocycles. The Bertz CT molecular complexity index is 583. The van der Waals surface area contributed by atoms with E-state index < -0.39 is 0 Å². The van der Waals surface area contributed by atoms with E-state index in [-0.39, 0.29) is 18.1 Å². The lowest BCUT2D eigenvalue weighted by atomic mass is 10.0. The van der Waals surface area contributed by atoms with Crippen molar-refractivity contribution in [1.29, 1.82) is 0 Å². The number of carbonyl (C=O) groups is 1. The lowest BCUT2D eigenvalue weighted by Gasteiger charge is -2.37. The largest absolute Gasteiger partial charge is 0.379 e. The van der Waals surface area contributed by atoms with Gasteiger partial charge < -0.3 is 19.7 Å². The molecular formula is C18H25N3O3. The molecule has 2 saturated heterocycles. The molecule has 1 aromatic rings. The minimum absolute atomic E-state index is 0.0364. The highest BCUT2D eigenvalue weighted by atomic mass is 16.5. The van der Waals surface area contributed by atoms with Gasteiger partial charge in [0.25, 0.3) is 0 Å². The summed E-state index contributed by atoms with van der Waals surface area (Å²) in [5.41, 5.74) is 2.70. The fourth-order valence-corrected chi connectivity index (χ4v) is 4.03. The Morgan fingerprint density at radius 1 is 1.00 bits per heavy atom. The van der Waals surface area contributed by atoms with Crippen LogP contribution in [0, 0.1) is 0 Å². The molecule has 3 aliphatic rings. The minimum atomic E-state index is 0.0364. The van der Waals surface area contributed by atoms with Crippen molar-refractivity contribution in [3.8, 4) is 0 Å². The molecule has 2 heterocycles. The molecule has 2 atom stereocenters. The first-order chi connectivity index (χ1) is 11.8. The Balaban J connectivity index is 1.51. The molecule has 2 fully saturated rings. The van der Waals surface area contributed by atoms with E-state index in [1.165, 1.54) is 11.1 Å². The average molecular weight is 331 g/mol. The Kier molecular flexibility index (Phi) is 4.69. The van der Waals surface area contributed by atoms with Crippen molar-refractivity contribution in [2.75, 3.05) is 52.6 Å². The van der Waals surface area contributed by atoms with Gasteiger partial charge >= 0.3 is 6.03 Å². The van der Waals surface area contributed by atoms with Crippen molar-refractivity contribution >= 4 is 6.03 Å². The van der Waals surface area contributed by atoms with Crippen LogP contribution in [-0.4, -0.2) is 74.5 Å². The van der Waals surface area contributed by atoms with Crippen molar-refractivity contribution in [2.24, 2.45) is 0 Å². The molecule has 1 N–H and O–H groups in total. The van der Waals surface area contributed by atoms with Crippen LogP contribution in [0.5, 0.6) is 0 Å². The highest BCUT2D eigenvalue weighted by Gasteiger charge is 2.38. The fraction of sp³-hybridized carbons (Fsp3) is 0.611. The van der Waals surface area contributed by atoms with Gasteiger partial charge in [-0.3, -0.25) is 4.90 Å². The van der Waals surface area contributed by atoms with Crippen molar-refractivity contribution in [2.45, 2.75) is 18.5 Å². The maximum Gasteiger partial charge on any atom is 0.317 e. The van der Waals surface area contributed by atoms with Gasteiger partial charge in [0.05, 0.1) is 38.5 Å². The molecule has 6 nitrogen and oxygen atoms in total. The van der Waals surface area contributed by atoms with E-state index in [0.29, 0.717) is 26.3 Å². The zero-order chi connectivity index (χ0) is 16.4. The Morgan fingerprint density at radius 2 is 1.67 bits per heavy atom. The second kappa shape index (κ2) is 7.09. The molecule has 0 bridgehead atoms. The minimum Gasteiger partial charge on any atom is -0.379 e. The first-order valence-electron chi connectivity index (χ1n) is 8.86. The molecule has 0 spiro atoms. The summed E-state index contributed by atoms with van der Waals surface area (Å²) in [6, 6.07) is 8.97. The second-order valence-electron chi connectivity index (χ2n) is 6.65. The van der Waals surface area contributed by atoms with Gasteiger partial charge in [0.1, 0.15) is 0 Å². The summed E-state index contributed by atoms with van der Waals surface area (Å²) in [5, 5.41) is 3.29. The lowest BCUT2D eigenvalue weighted by Crippen LogP contribution is -2.53. The molecular weight excluding hydrogens is 306 g/mol. The molecule has 6 heteroatoms. The monoisotopic (exact) mass is 331 g/mol. The summed E-state index contributed by atoms with van der Waals surface area (Å²) in [5.74, 6) is 0. The molecule has 130 valence electrons. The maximum atomic E-state index is 12.6. The Morgan fingerprint density at radius 3 is 2.42 bits per heavy atom. The quantitative estimate of drug-likeness (QED) is 0.879. The first kappa shape index (κ1) is 15.9. The summed E-state index contributed by atoms with van der Waals surface area (Å²) in [7, 11) is 0.